The Labute approximate surface area is 111 Å². The minimum Gasteiger partial charge on any atom is -0.495 e. The minimum absolute atomic E-state index is 0.230. The van der Waals surface area contributed by atoms with Crippen molar-refractivity contribution in [1.82, 2.24) is 0 Å². The molecule has 18 heavy (non-hydrogen) atoms. The van der Waals surface area contributed by atoms with E-state index in [1.54, 1.807) is 19.2 Å². The molecule has 1 N–H and O–H groups in total. The van der Waals surface area contributed by atoms with E-state index in [1.165, 1.54) is 7.11 Å². The molecule has 1 aliphatic rings. The van der Waals surface area contributed by atoms with Crippen LogP contribution >= 0.6 is 11.6 Å². The number of carbonyl (C=O) groups excluding carboxylic acids is 1. The second-order valence-electron chi connectivity index (χ2n) is 4.33. The molecule has 4 nitrogen and oxygen atoms in total. The van der Waals surface area contributed by atoms with Crippen LogP contribution in [-0.2, 0) is 9.53 Å². The van der Waals surface area contributed by atoms with Crippen molar-refractivity contribution in [3.63, 3.8) is 0 Å². The zero-order chi connectivity index (χ0) is 13.1. The molecule has 0 radical (unpaired) electrons. The fourth-order valence-corrected chi connectivity index (χ4v) is 2.05. The second kappa shape index (κ2) is 5.48. The van der Waals surface area contributed by atoms with Gasteiger partial charge in [-0.05, 0) is 30.9 Å². The summed E-state index contributed by atoms with van der Waals surface area (Å²) in [7, 11) is 2.96. The van der Waals surface area contributed by atoms with Crippen LogP contribution in [0.1, 0.15) is 12.8 Å². The normalized spacial score (nSPS) is 15.9. The van der Waals surface area contributed by atoms with Gasteiger partial charge in [-0.2, -0.15) is 0 Å². The maximum absolute atomic E-state index is 11.7. The number of methoxy groups -OCH3 is 2. The molecule has 2 rings (SSSR count). The van der Waals surface area contributed by atoms with E-state index in [4.69, 9.17) is 21.1 Å². The highest BCUT2D eigenvalue weighted by Gasteiger charge is 2.37. The number of hydrogen-bond acceptors (Lipinski definition) is 4. The number of rotatable bonds is 5. The fourth-order valence-electron chi connectivity index (χ4n) is 1.85. The maximum atomic E-state index is 11.7. The Morgan fingerprint density at radius 3 is 2.72 bits per heavy atom. The monoisotopic (exact) mass is 269 g/mol. The topological polar surface area (TPSA) is 47.6 Å². The van der Waals surface area contributed by atoms with E-state index in [9.17, 15) is 4.79 Å². The smallest absolute Gasteiger partial charge is 0.328 e. The minimum atomic E-state index is -0.291. The molecule has 0 heterocycles. The summed E-state index contributed by atoms with van der Waals surface area (Å²) in [6.07, 6.45) is 2.11. The van der Waals surface area contributed by atoms with Crippen LogP contribution in [0.25, 0.3) is 0 Å². The van der Waals surface area contributed by atoms with Crippen LogP contribution in [0.2, 0.25) is 5.02 Å². The van der Waals surface area contributed by atoms with E-state index in [0.29, 0.717) is 16.7 Å². The van der Waals surface area contributed by atoms with Crippen LogP contribution in [-0.4, -0.2) is 26.2 Å². The van der Waals surface area contributed by atoms with Gasteiger partial charge in [-0.1, -0.05) is 11.6 Å². The van der Waals surface area contributed by atoms with Gasteiger partial charge in [0.2, 0.25) is 0 Å². The highest BCUT2D eigenvalue weighted by Crippen LogP contribution is 2.36. The summed E-state index contributed by atoms with van der Waals surface area (Å²) < 4.78 is 9.95. The fraction of sp³-hybridized carbons (Fsp3) is 0.462. The van der Waals surface area contributed by atoms with Crippen LogP contribution < -0.4 is 10.1 Å². The Morgan fingerprint density at radius 1 is 1.44 bits per heavy atom. The molecule has 98 valence electrons. The predicted octanol–water partition coefficient (Wildman–Crippen LogP) is 2.71. The van der Waals surface area contributed by atoms with Crippen molar-refractivity contribution in [2.45, 2.75) is 18.9 Å². The van der Waals surface area contributed by atoms with Crippen LogP contribution in [0, 0.1) is 5.92 Å². The molecule has 0 amide bonds. The maximum Gasteiger partial charge on any atom is 0.328 e. The Bertz CT molecular complexity index is 446. The second-order valence-corrected chi connectivity index (χ2v) is 4.74. The van der Waals surface area contributed by atoms with Crippen LogP contribution in [0.15, 0.2) is 18.2 Å². The summed E-state index contributed by atoms with van der Waals surface area (Å²) in [6.45, 7) is 0. The summed E-state index contributed by atoms with van der Waals surface area (Å²) in [6, 6.07) is 5.05. The Morgan fingerprint density at radius 2 is 2.17 bits per heavy atom. The van der Waals surface area contributed by atoms with E-state index in [-0.39, 0.29) is 12.0 Å². The molecule has 1 aromatic rings. The molecular weight excluding hydrogens is 254 g/mol. The third kappa shape index (κ3) is 2.88. The van der Waals surface area contributed by atoms with Gasteiger partial charge in [-0.25, -0.2) is 4.79 Å². The SMILES string of the molecule is COC(=O)C(Nc1ccc(Cl)c(OC)c1)C1CC1. The van der Waals surface area contributed by atoms with Gasteiger partial charge in [-0.3, -0.25) is 0 Å². The zero-order valence-electron chi connectivity index (χ0n) is 10.4. The van der Waals surface area contributed by atoms with Crippen molar-refractivity contribution >= 4 is 23.3 Å². The van der Waals surface area contributed by atoms with Gasteiger partial charge in [0.25, 0.3) is 0 Å². The van der Waals surface area contributed by atoms with Gasteiger partial charge in [-0.15, -0.1) is 0 Å². The number of benzene rings is 1. The Kier molecular flexibility index (Phi) is 3.97. The van der Waals surface area contributed by atoms with Gasteiger partial charge >= 0.3 is 5.97 Å². The summed E-state index contributed by atoms with van der Waals surface area (Å²) in [5.74, 6) is 0.714. The summed E-state index contributed by atoms with van der Waals surface area (Å²) in [4.78, 5) is 11.7. The van der Waals surface area contributed by atoms with Crippen molar-refractivity contribution in [3.05, 3.63) is 23.2 Å². The third-order valence-corrected chi connectivity index (χ3v) is 3.33. The summed E-state index contributed by atoms with van der Waals surface area (Å²) >= 11 is 5.95. The number of carbonyl (C=O) groups is 1. The van der Waals surface area contributed by atoms with Crippen molar-refractivity contribution in [1.29, 1.82) is 0 Å². The van der Waals surface area contributed by atoms with E-state index in [2.05, 4.69) is 5.32 Å². The number of esters is 1. The Hall–Kier alpha value is -1.42. The van der Waals surface area contributed by atoms with E-state index in [1.807, 2.05) is 6.07 Å². The predicted molar refractivity (Wildman–Crippen MR) is 70.2 cm³/mol. The van der Waals surface area contributed by atoms with Crippen LogP contribution in [0.4, 0.5) is 5.69 Å². The average Bonchev–Trinajstić information content (AvgIpc) is 3.21. The summed E-state index contributed by atoms with van der Waals surface area (Å²) in [5.41, 5.74) is 0.804. The van der Waals surface area contributed by atoms with Gasteiger partial charge in [0.15, 0.2) is 0 Å². The summed E-state index contributed by atoms with van der Waals surface area (Å²) in [5, 5.41) is 3.73. The first-order chi connectivity index (χ1) is 8.65. The largest absolute Gasteiger partial charge is 0.495 e. The van der Waals surface area contributed by atoms with Gasteiger partial charge in [0.1, 0.15) is 11.8 Å². The number of nitrogens with one attached hydrogen (secondary N) is 1. The van der Waals surface area contributed by atoms with Gasteiger partial charge < -0.3 is 14.8 Å². The number of anilines is 1. The molecule has 0 aromatic heterocycles. The number of ether oxygens (including phenoxy) is 2. The van der Waals surface area contributed by atoms with Crippen molar-refractivity contribution in [2.24, 2.45) is 5.92 Å². The molecule has 1 saturated carbocycles. The molecule has 0 bridgehead atoms. The lowest BCUT2D eigenvalue weighted by Crippen LogP contribution is -2.32. The first-order valence-electron chi connectivity index (χ1n) is 5.83. The van der Waals surface area contributed by atoms with Gasteiger partial charge in [0.05, 0.1) is 19.2 Å². The van der Waals surface area contributed by atoms with E-state index in [0.717, 1.165) is 18.5 Å². The number of hydrogen-bond donors (Lipinski definition) is 1. The molecule has 1 unspecified atom stereocenters. The lowest BCUT2D eigenvalue weighted by molar-refractivity contribution is -0.142. The first kappa shape index (κ1) is 13.0. The first-order valence-corrected chi connectivity index (χ1v) is 6.21. The third-order valence-electron chi connectivity index (χ3n) is 3.02. The van der Waals surface area contributed by atoms with Crippen molar-refractivity contribution in [3.8, 4) is 5.75 Å². The molecule has 0 spiro atoms. The Balaban J connectivity index is 2.13. The van der Waals surface area contributed by atoms with Crippen molar-refractivity contribution < 1.29 is 14.3 Å². The van der Waals surface area contributed by atoms with Gasteiger partial charge in [0, 0.05) is 11.8 Å². The van der Waals surface area contributed by atoms with Crippen LogP contribution in [0.5, 0.6) is 5.75 Å². The number of halogens is 1. The van der Waals surface area contributed by atoms with Crippen molar-refractivity contribution in [2.75, 3.05) is 19.5 Å². The standard InChI is InChI=1S/C13H16ClNO3/c1-17-11-7-9(5-6-10(11)14)15-12(8-3-4-8)13(16)18-2/h5-8,12,15H,3-4H2,1-2H3. The molecular formula is C13H16ClNO3. The molecule has 1 aromatic carbocycles. The molecule has 5 heteroatoms. The van der Waals surface area contributed by atoms with E-state index >= 15 is 0 Å². The molecule has 0 aliphatic heterocycles. The van der Waals surface area contributed by atoms with Crippen LogP contribution in [0.3, 0.4) is 0 Å². The lowest BCUT2D eigenvalue weighted by atomic mass is 10.1. The molecule has 1 aliphatic carbocycles. The van der Waals surface area contributed by atoms with E-state index < -0.39 is 0 Å². The highest BCUT2D eigenvalue weighted by atomic mass is 35.5. The zero-order valence-corrected chi connectivity index (χ0v) is 11.2. The lowest BCUT2D eigenvalue weighted by Gasteiger charge is -2.17. The average molecular weight is 270 g/mol. The quantitative estimate of drug-likeness (QED) is 0.835. The molecule has 0 saturated heterocycles. The highest BCUT2D eigenvalue weighted by molar-refractivity contribution is 6.32. The molecule has 1 atom stereocenters. The molecule has 1 fully saturated rings.